The van der Waals surface area contributed by atoms with Crippen LogP contribution in [0.3, 0.4) is 0 Å². The van der Waals surface area contributed by atoms with Crippen LogP contribution in [0.15, 0.2) is 0 Å². The summed E-state index contributed by atoms with van der Waals surface area (Å²) in [4.78, 5) is 2.88. The molecule has 1 unspecified atom stereocenters. The summed E-state index contributed by atoms with van der Waals surface area (Å²) in [5, 5.41) is 4.02. The smallest absolute Gasteiger partial charge is 0.0335 e. The monoisotopic (exact) mass is 296 g/mol. The number of nitrogens with zero attached hydrogens (tertiary/aromatic N) is 1. The zero-order valence-corrected chi connectivity index (χ0v) is 14.2. The second kappa shape index (κ2) is 6.18. The second-order valence-electron chi connectivity index (χ2n) is 7.44. The third-order valence-corrected chi connectivity index (χ3v) is 6.89. The molecule has 2 saturated carbocycles. The minimum absolute atomic E-state index is 0.441. The van der Waals surface area contributed by atoms with E-state index in [4.69, 9.17) is 0 Å². The Hall–Kier alpha value is 0.270. The van der Waals surface area contributed by atoms with E-state index >= 15 is 0 Å². The Morgan fingerprint density at radius 1 is 1.20 bits per heavy atom. The average molecular weight is 297 g/mol. The van der Waals surface area contributed by atoms with Gasteiger partial charge in [-0.15, -0.1) is 0 Å². The average Bonchev–Trinajstić information content (AvgIpc) is 3.29. The molecule has 2 aliphatic carbocycles. The van der Waals surface area contributed by atoms with Crippen LogP contribution in [0.25, 0.3) is 0 Å². The molecule has 1 atom stereocenters. The first kappa shape index (κ1) is 15.2. The molecule has 3 heteroatoms. The highest BCUT2D eigenvalue weighted by Crippen LogP contribution is 2.46. The van der Waals surface area contributed by atoms with Crippen molar-refractivity contribution >= 4 is 11.8 Å². The first-order chi connectivity index (χ1) is 9.69. The van der Waals surface area contributed by atoms with Crippen molar-refractivity contribution in [3.8, 4) is 0 Å². The van der Waals surface area contributed by atoms with E-state index in [2.05, 4.69) is 35.8 Å². The van der Waals surface area contributed by atoms with Gasteiger partial charge in [0.2, 0.25) is 0 Å². The van der Waals surface area contributed by atoms with Gasteiger partial charge < -0.3 is 5.32 Å². The molecule has 20 heavy (non-hydrogen) atoms. The fourth-order valence-electron chi connectivity index (χ4n) is 4.40. The molecule has 0 aromatic heterocycles. The lowest BCUT2D eigenvalue weighted by Gasteiger charge is -2.55. The van der Waals surface area contributed by atoms with Gasteiger partial charge in [0, 0.05) is 36.5 Å². The maximum atomic E-state index is 4.02. The molecule has 0 radical (unpaired) electrons. The zero-order chi connectivity index (χ0) is 14.1. The van der Waals surface area contributed by atoms with Crippen LogP contribution in [0.1, 0.15) is 58.8 Å². The van der Waals surface area contributed by atoms with Crippen molar-refractivity contribution < 1.29 is 0 Å². The molecule has 0 aromatic rings. The Morgan fingerprint density at radius 2 is 1.95 bits per heavy atom. The second-order valence-corrected chi connectivity index (χ2v) is 8.84. The first-order valence-corrected chi connectivity index (χ1v) is 9.92. The summed E-state index contributed by atoms with van der Waals surface area (Å²) in [6.45, 7) is 8.66. The van der Waals surface area contributed by atoms with Crippen molar-refractivity contribution in [3.05, 3.63) is 0 Å². The van der Waals surface area contributed by atoms with Crippen LogP contribution in [-0.2, 0) is 0 Å². The van der Waals surface area contributed by atoms with Crippen LogP contribution >= 0.6 is 11.8 Å². The molecular weight excluding hydrogens is 264 g/mol. The fourth-order valence-corrected chi connectivity index (χ4v) is 5.04. The molecule has 1 heterocycles. The van der Waals surface area contributed by atoms with Crippen LogP contribution in [0.5, 0.6) is 0 Å². The van der Waals surface area contributed by atoms with Gasteiger partial charge >= 0.3 is 0 Å². The van der Waals surface area contributed by atoms with E-state index in [1.165, 1.54) is 76.1 Å². The quantitative estimate of drug-likeness (QED) is 0.782. The highest BCUT2D eigenvalue weighted by Gasteiger charge is 2.51. The summed E-state index contributed by atoms with van der Waals surface area (Å²) < 4.78 is 0. The summed E-state index contributed by atoms with van der Waals surface area (Å²) >= 11 is 2.11. The summed E-state index contributed by atoms with van der Waals surface area (Å²) in [7, 11) is 0. The minimum Gasteiger partial charge on any atom is -0.308 e. The van der Waals surface area contributed by atoms with Crippen molar-refractivity contribution in [1.29, 1.82) is 0 Å². The first-order valence-electron chi connectivity index (χ1n) is 8.76. The van der Waals surface area contributed by atoms with Crippen LogP contribution in [0.2, 0.25) is 0 Å². The van der Waals surface area contributed by atoms with Crippen molar-refractivity contribution in [3.63, 3.8) is 0 Å². The number of hydrogen-bond donors (Lipinski definition) is 1. The van der Waals surface area contributed by atoms with Crippen LogP contribution in [0, 0.1) is 5.92 Å². The number of rotatable bonds is 5. The Bertz CT molecular complexity index is 323. The SMILES string of the molecule is CCSCCN1CC2(CCCCC2)NCC1(C)C1CC1. The predicted molar refractivity (Wildman–Crippen MR) is 89.5 cm³/mol. The third-order valence-electron chi connectivity index (χ3n) is 6.01. The number of thioether (sulfide) groups is 1. The van der Waals surface area contributed by atoms with Gasteiger partial charge in [0.05, 0.1) is 0 Å². The van der Waals surface area contributed by atoms with Gasteiger partial charge in [-0.1, -0.05) is 26.2 Å². The normalized spacial score (nSPS) is 34.5. The maximum Gasteiger partial charge on any atom is 0.0335 e. The Morgan fingerprint density at radius 3 is 2.60 bits per heavy atom. The van der Waals surface area contributed by atoms with Crippen LogP contribution < -0.4 is 5.32 Å². The summed E-state index contributed by atoms with van der Waals surface area (Å²) in [5.41, 5.74) is 0.903. The van der Waals surface area contributed by atoms with E-state index in [9.17, 15) is 0 Å². The van der Waals surface area contributed by atoms with E-state index in [-0.39, 0.29) is 0 Å². The van der Waals surface area contributed by atoms with Crippen molar-refractivity contribution in [2.75, 3.05) is 31.1 Å². The molecule has 0 aromatic carbocycles. The molecule has 0 amide bonds. The van der Waals surface area contributed by atoms with Crippen LogP contribution in [-0.4, -0.2) is 47.1 Å². The molecule has 1 saturated heterocycles. The highest BCUT2D eigenvalue weighted by atomic mass is 32.2. The van der Waals surface area contributed by atoms with E-state index in [1.807, 2.05) is 0 Å². The summed E-state index contributed by atoms with van der Waals surface area (Å²) in [6, 6.07) is 0. The zero-order valence-electron chi connectivity index (χ0n) is 13.4. The van der Waals surface area contributed by atoms with Gasteiger partial charge in [-0.25, -0.2) is 0 Å². The molecular formula is C17H32N2S. The van der Waals surface area contributed by atoms with Gasteiger partial charge in [0.1, 0.15) is 0 Å². The topological polar surface area (TPSA) is 15.3 Å². The molecule has 2 nitrogen and oxygen atoms in total. The Balaban J connectivity index is 1.67. The Labute approximate surface area is 129 Å². The Kier molecular flexibility index (Phi) is 4.69. The summed E-state index contributed by atoms with van der Waals surface area (Å²) in [6.07, 6.45) is 10.1. The number of hydrogen-bond acceptors (Lipinski definition) is 3. The molecule has 1 spiro atoms. The molecule has 3 aliphatic rings. The van der Waals surface area contributed by atoms with E-state index in [1.54, 1.807) is 0 Å². The minimum atomic E-state index is 0.441. The predicted octanol–water partition coefficient (Wildman–Crippen LogP) is 3.52. The lowest BCUT2D eigenvalue weighted by Crippen LogP contribution is -2.70. The van der Waals surface area contributed by atoms with Gasteiger partial charge in [-0.2, -0.15) is 11.8 Å². The van der Waals surface area contributed by atoms with Gasteiger partial charge in [-0.05, 0) is 44.3 Å². The van der Waals surface area contributed by atoms with Crippen LogP contribution in [0.4, 0.5) is 0 Å². The lowest BCUT2D eigenvalue weighted by molar-refractivity contribution is -0.00725. The fraction of sp³-hybridized carbons (Fsp3) is 1.00. The summed E-state index contributed by atoms with van der Waals surface area (Å²) in [5.74, 6) is 3.54. The van der Waals surface area contributed by atoms with E-state index < -0.39 is 0 Å². The molecule has 3 fully saturated rings. The van der Waals surface area contributed by atoms with E-state index in [0.29, 0.717) is 11.1 Å². The maximum absolute atomic E-state index is 4.02. The standard InChI is InChI=1S/C17H32N2S/c1-3-20-12-11-19-14-17(9-5-4-6-10-17)18-13-16(19,2)15-7-8-15/h15,18H,3-14H2,1-2H3. The largest absolute Gasteiger partial charge is 0.308 e. The molecule has 1 N–H and O–H groups in total. The third kappa shape index (κ3) is 3.05. The van der Waals surface area contributed by atoms with Crippen molar-refractivity contribution in [2.24, 2.45) is 5.92 Å². The molecule has 0 bridgehead atoms. The van der Waals surface area contributed by atoms with Crippen molar-refractivity contribution in [2.45, 2.75) is 69.9 Å². The van der Waals surface area contributed by atoms with Crippen molar-refractivity contribution in [1.82, 2.24) is 10.2 Å². The molecule has 1 aliphatic heterocycles. The highest BCUT2D eigenvalue weighted by molar-refractivity contribution is 7.99. The number of piperazine rings is 1. The van der Waals surface area contributed by atoms with Gasteiger partial charge in [-0.3, -0.25) is 4.90 Å². The van der Waals surface area contributed by atoms with E-state index in [0.717, 1.165) is 5.92 Å². The molecule has 116 valence electrons. The van der Waals surface area contributed by atoms with Gasteiger partial charge in [0.25, 0.3) is 0 Å². The number of nitrogens with one attached hydrogen (secondary N) is 1. The van der Waals surface area contributed by atoms with Gasteiger partial charge in [0.15, 0.2) is 0 Å². The lowest BCUT2D eigenvalue weighted by atomic mass is 9.76. The molecule has 3 rings (SSSR count).